The standard InChI is InChI=1S/C28H29N7O/c1-19-5-9-21(10-6-19)25-17-26(22-11-7-20(2)8-12-22)35-28(30-31-32-35)34(25)18-27(36)29-23-13-15-24(16-14-23)33(3)4/h5-17,26H,18H2,1-4H3,(H,29,36)/t26-/m1/s1. The molecular weight excluding hydrogens is 450 g/mol. The van der Waals surface area contributed by atoms with E-state index < -0.39 is 0 Å². The Kier molecular flexibility index (Phi) is 6.25. The number of rotatable bonds is 6. The summed E-state index contributed by atoms with van der Waals surface area (Å²) in [6.45, 7) is 4.19. The maximum Gasteiger partial charge on any atom is 0.251 e. The van der Waals surface area contributed by atoms with Gasteiger partial charge < -0.3 is 10.2 Å². The Hall–Kier alpha value is -4.46. The molecule has 2 heterocycles. The molecule has 1 aliphatic rings. The van der Waals surface area contributed by atoms with E-state index in [1.807, 2.05) is 48.2 Å². The molecule has 8 nitrogen and oxygen atoms in total. The Morgan fingerprint density at radius 1 is 0.917 bits per heavy atom. The molecule has 8 heteroatoms. The summed E-state index contributed by atoms with van der Waals surface area (Å²) in [4.78, 5) is 17.1. The first kappa shape index (κ1) is 23.3. The Morgan fingerprint density at radius 3 is 2.19 bits per heavy atom. The van der Waals surface area contributed by atoms with Crippen LogP contribution in [0, 0.1) is 13.8 Å². The van der Waals surface area contributed by atoms with E-state index in [-0.39, 0.29) is 18.5 Å². The van der Waals surface area contributed by atoms with E-state index in [2.05, 4.69) is 89.3 Å². The van der Waals surface area contributed by atoms with Gasteiger partial charge in [-0.05, 0) is 65.7 Å². The van der Waals surface area contributed by atoms with Crippen LogP contribution in [0.5, 0.6) is 0 Å². The van der Waals surface area contributed by atoms with Crippen LogP contribution in [0.1, 0.15) is 28.3 Å². The van der Waals surface area contributed by atoms with Crippen molar-refractivity contribution >= 4 is 28.9 Å². The summed E-state index contributed by atoms with van der Waals surface area (Å²) in [5, 5.41) is 15.6. The first-order chi connectivity index (χ1) is 17.4. The van der Waals surface area contributed by atoms with Gasteiger partial charge in [-0.15, -0.1) is 0 Å². The first-order valence-electron chi connectivity index (χ1n) is 11.9. The number of tetrazole rings is 1. The topological polar surface area (TPSA) is 79.2 Å². The predicted molar refractivity (Wildman–Crippen MR) is 143 cm³/mol. The SMILES string of the molecule is Cc1ccc(C2=C[C@H](c3ccc(C)cc3)n3nnnc3N2CC(=O)Nc2ccc(N(C)C)cc2)cc1. The van der Waals surface area contributed by atoms with E-state index in [9.17, 15) is 4.79 Å². The molecule has 36 heavy (non-hydrogen) atoms. The Morgan fingerprint density at radius 2 is 1.56 bits per heavy atom. The lowest BCUT2D eigenvalue weighted by atomic mass is 9.99. The number of hydrogen-bond donors (Lipinski definition) is 1. The molecule has 0 spiro atoms. The minimum Gasteiger partial charge on any atom is -0.378 e. The average Bonchev–Trinajstić information content (AvgIpc) is 3.36. The molecule has 0 saturated heterocycles. The van der Waals surface area contributed by atoms with Gasteiger partial charge in [-0.3, -0.25) is 9.69 Å². The molecule has 0 unspecified atom stereocenters. The number of fused-ring (bicyclic) bond motifs is 1. The molecule has 1 N–H and O–H groups in total. The summed E-state index contributed by atoms with van der Waals surface area (Å²) < 4.78 is 1.77. The van der Waals surface area contributed by atoms with Crippen LogP contribution in [0.2, 0.25) is 0 Å². The van der Waals surface area contributed by atoms with Gasteiger partial charge in [0, 0.05) is 25.5 Å². The van der Waals surface area contributed by atoms with Crippen molar-refractivity contribution in [2.45, 2.75) is 19.9 Å². The normalized spacial score (nSPS) is 14.7. The van der Waals surface area contributed by atoms with Gasteiger partial charge in [0.15, 0.2) is 0 Å². The van der Waals surface area contributed by atoms with Crippen LogP contribution in [0.25, 0.3) is 5.70 Å². The Balaban J connectivity index is 1.49. The first-order valence-corrected chi connectivity index (χ1v) is 11.9. The Bertz CT molecular complexity index is 1390. The van der Waals surface area contributed by atoms with E-state index in [1.54, 1.807) is 4.68 Å². The molecule has 0 fully saturated rings. The molecule has 182 valence electrons. The molecule has 3 aromatic carbocycles. The van der Waals surface area contributed by atoms with Crippen molar-refractivity contribution < 1.29 is 4.79 Å². The molecular formula is C28H29N7O. The molecule has 0 bridgehead atoms. The van der Waals surface area contributed by atoms with Gasteiger partial charge in [0.1, 0.15) is 12.6 Å². The second kappa shape index (κ2) is 9.65. The van der Waals surface area contributed by atoms with Crippen LogP contribution in [0.4, 0.5) is 17.3 Å². The van der Waals surface area contributed by atoms with Gasteiger partial charge in [-0.1, -0.05) is 64.8 Å². The molecule has 1 atom stereocenters. The fourth-order valence-corrected chi connectivity index (χ4v) is 4.28. The van der Waals surface area contributed by atoms with Crippen molar-refractivity contribution in [1.29, 1.82) is 0 Å². The highest BCUT2D eigenvalue weighted by Gasteiger charge is 2.32. The van der Waals surface area contributed by atoms with Gasteiger partial charge in [0.05, 0.1) is 5.70 Å². The van der Waals surface area contributed by atoms with Crippen LogP contribution in [-0.4, -0.2) is 46.8 Å². The van der Waals surface area contributed by atoms with Gasteiger partial charge >= 0.3 is 0 Å². The number of anilines is 3. The van der Waals surface area contributed by atoms with E-state index in [0.29, 0.717) is 5.95 Å². The third-order valence-corrected chi connectivity index (χ3v) is 6.32. The quantitative estimate of drug-likeness (QED) is 0.440. The lowest BCUT2D eigenvalue weighted by Crippen LogP contribution is -2.37. The summed E-state index contributed by atoms with van der Waals surface area (Å²) in [5.74, 6) is 0.366. The third-order valence-electron chi connectivity index (χ3n) is 6.32. The predicted octanol–water partition coefficient (Wildman–Crippen LogP) is 4.45. The second-order valence-corrected chi connectivity index (χ2v) is 9.27. The summed E-state index contributed by atoms with van der Waals surface area (Å²) in [5.41, 5.74) is 7.11. The van der Waals surface area contributed by atoms with Gasteiger partial charge in [-0.25, -0.2) is 0 Å². The van der Waals surface area contributed by atoms with Gasteiger partial charge in [-0.2, -0.15) is 4.68 Å². The van der Waals surface area contributed by atoms with Crippen molar-refractivity contribution in [3.05, 3.63) is 101 Å². The van der Waals surface area contributed by atoms with E-state index >= 15 is 0 Å². The number of carbonyl (C=O) groups is 1. The molecule has 0 radical (unpaired) electrons. The zero-order valence-corrected chi connectivity index (χ0v) is 20.9. The monoisotopic (exact) mass is 479 g/mol. The van der Waals surface area contributed by atoms with E-state index in [1.165, 1.54) is 11.1 Å². The number of amides is 1. The van der Waals surface area contributed by atoms with Crippen molar-refractivity contribution in [2.75, 3.05) is 35.8 Å². The van der Waals surface area contributed by atoms with Crippen LogP contribution < -0.4 is 15.1 Å². The van der Waals surface area contributed by atoms with Gasteiger partial charge in [0.2, 0.25) is 5.91 Å². The highest BCUT2D eigenvalue weighted by atomic mass is 16.2. The minimum absolute atomic E-state index is 0.0656. The summed E-state index contributed by atoms with van der Waals surface area (Å²) >= 11 is 0. The zero-order valence-electron chi connectivity index (χ0n) is 20.9. The summed E-state index contributed by atoms with van der Waals surface area (Å²) in [6, 6.07) is 24.2. The minimum atomic E-state index is -0.190. The zero-order chi connectivity index (χ0) is 25.2. The fourth-order valence-electron chi connectivity index (χ4n) is 4.28. The number of aromatic nitrogens is 4. The lowest BCUT2D eigenvalue weighted by Gasteiger charge is -2.32. The van der Waals surface area contributed by atoms with Crippen LogP contribution in [0.15, 0.2) is 78.9 Å². The second-order valence-electron chi connectivity index (χ2n) is 9.27. The largest absolute Gasteiger partial charge is 0.378 e. The summed E-state index contributed by atoms with van der Waals surface area (Å²) in [7, 11) is 3.97. The molecule has 5 rings (SSSR count). The highest BCUT2D eigenvalue weighted by Crippen LogP contribution is 2.36. The lowest BCUT2D eigenvalue weighted by molar-refractivity contribution is -0.114. The number of hydrogen-bond acceptors (Lipinski definition) is 6. The van der Waals surface area contributed by atoms with Crippen molar-refractivity contribution in [3.8, 4) is 0 Å². The van der Waals surface area contributed by atoms with Crippen molar-refractivity contribution in [2.24, 2.45) is 0 Å². The van der Waals surface area contributed by atoms with Gasteiger partial charge in [0.25, 0.3) is 5.95 Å². The van der Waals surface area contributed by atoms with E-state index in [4.69, 9.17) is 0 Å². The third kappa shape index (κ3) is 4.70. The van der Waals surface area contributed by atoms with E-state index in [0.717, 1.165) is 28.2 Å². The molecule has 4 aromatic rings. The number of allylic oxidation sites excluding steroid dienone is 1. The number of aryl methyl sites for hydroxylation is 2. The maximum absolute atomic E-state index is 13.2. The van der Waals surface area contributed by atoms with Crippen LogP contribution >= 0.6 is 0 Å². The maximum atomic E-state index is 13.2. The van der Waals surface area contributed by atoms with Crippen molar-refractivity contribution in [1.82, 2.24) is 20.2 Å². The average molecular weight is 480 g/mol. The van der Waals surface area contributed by atoms with Crippen molar-refractivity contribution in [3.63, 3.8) is 0 Å². The van der Waals surface area contributed by atoms with Crippen LogP contribution in [0.3, 0.4) is 0 Å². The number of benzene rings is 3. The number of nitrogens with one attached hydrogen (secondary N) is 1. The highest BCUT2D eigenvalue weighted by molar-refractivity contribution is 5.97. The number of nitrogens with zero attached hydrogens (tertiary/aromatic N) is 6. The fraction of sp³-hybridized carbons (Fsp3) is 0.214. The number of carbonyl (C=O) groups excluding carboxylic acids is 1. The molecule has 1 aromatic heterocycles. The molecule has 1 amide bonds. The summed E-state index contributed by atoms with van der Waals surface area (Å²) in [6.07, 6.45) is 2.12. The molecule has 1 aliphatic heterocycles. The molecule has 0 aliphatic carbocycles. The smallest absolute Gasteiger partial charge is 0.251 e. The molecule has 0 saturated carbocycles. The Labute approximate surface area is 210 Å². The van der Waals surface area contributed by atoms with Crippen LogP contribution in [-0.2, 0) is 4.79 Å².